The van der Waals surface area contributed by atoms with E-state index in [1.165, 1.54) is 11.3 Å². The van der Waals surface area contributed by atoms with E-state index in [2.05, 4.69) is 12.2 Å². The van der Waals surface area contributed by atoms with Crippen LogP contribution in [0, 0.1) is 35.5 Å². The molecule has 0 aromatic heterocycles. The molecule has 4 nitrogen and oxygen atoms in total. The smallest absolute Gasteiger partial charge is 0.238 e. The summed E-state index contributed by atoms with van der Waals surface area (Å²) in [5, 5.41) is 0. The van der Waals surface area contributed by atoms with E-state index in [1.807, 2.05) is 31.2 Å². The second-order valence-electron chi connectivity index (χ2n) is 7.07. The highest BCUT2D eigenvalue weighted by molar-refractivity contribution is 6.23. The summed E-state index contributed by atoms with van der Waals surface area (Å²) >= 11 is 0. The van der Waals surface area contributed by atoms with Crippen molar-refractivity contribution >= 4 is 17.5 Å². The lowest BCUT2D eigenvalue weighted by Crippen LogP contribution is -2.40. The first-order valence-corrected chi connectivity index (χ1v) is 8.50. The molecule has 2 saturated carbocycles. The number of ether oxygens (including phenoxy) is 1. The van der Waals surface area contributed by atoms with E-state index < -0.39 is 0 Å². The van der Waals surface area contributed by atoms with E-state index in [0.29, 0.717) is 29.9 Å². The van der Waals surface area contributed by atoms with Crippen LogP contribution in [0.4, 0.5) is 5.69 Å². The van der Waals surface area contributed by atoms with E-state index >= 15 is 0 Å². The molecule has 23 heavy (non-hydrogen) atoms. The van der Waals surface area contributed by atoms with Crippen molar-refractivity contribution in [1.82, 2.24) is 0 Å². The molecule has 6 rings (SSSR count). The molecule has 5 aliphatic rings. The third-order valence-electron chi connectivity index (χ3n) is 6.07. The molecular formula is C19H19NO3. The SMILES string of the molecule is CCOc1ccccc1N1C(=O)[C@@H]2[C@@H]3C=C[C@H]([C@H]4C[C@H]34)[C@@H]2C1=O. The number of hydrogen-bond donors (Lipinski definition) is 0. The number of amides is 2. The average Bonchev–Trinajstić information content (AvgIpc) is 3.34. The summed E-state index contributed by atoms with van der Waals surface area (Å²) in [5.74, 6) is 2.02. The number of nitrogens with zero attached hydrogens (tertiary/aromatic N) is 1. The topological polar surface area (TPSA) is 46.6 Å². The first kappa shape index (κ1) is 13.3. The Bertz CT molecular complexity index is 704. The van der Waals surface area contributed by atoms with Crippen LogP contribution in [-0.2, 0) is 9.59 Å². The van der Waals surface area contributed by atoms with Crippen molar-refractivity contribution in [2.24, 2.45) is 35.5 Å². The normalized spacial score (nSPS) is 39.4. The molecule has 1 aliphatic heterocycles. The predicted molar refractivity (Wildman–Crippen MR) is 84.8 cm³/mol. The zero-order valence-electron chi connectivity index (χ0n) is 13.0. The van der Waals surface area contributed by atoms with Crippen molar-refractivity contribution < 1.29 is 14.3 Å². The van der Waals surface area contributed by atoms with Gasteiger partial charge in [0.2, 0.25) is 11.8 Å². The summed E-state index contributed by atoms with van der Waals surface area (Å²) in [6.45, 7) is 2.42. The monoisotopic (exact) mass is 309 g/mol. The van der Waals surface area contributed by atoms with Crippen LogP contribution in [0.1, 0.15) is 13.3 Å². The summed E-state index contributed by atoms with van der Waals surface area (Å²) in [7, 11) is 0. The van der Waals surface area contributed by atoms with Gasteiger partial charge in [-0.05, 0) is 49.1 Å². The molecule has 2 bridgehead atoms. The molecule has 0 radical (unpaired) electrons. The molecule has 0 spiro atoms. The minimum absolute atomic E-state index is 0.0307. The van der Waals surface area contributed by atoms with Gasteiger partial charge in [-0.3, -0.25) is 9.59 Å². The van der Waals surface area contributed by atoms with Crippen LogP contribution < -0.4 is 9.64 Å². The van der Waals surface area contributed by atoms with E-state index in [-0.39, 0.29) is 35.5 Å². The lowest BCUT2D eigenvalue weighted by atomic mass is 9.63. The van der Waals surface area contributed by atoms with Crippen molar-refractivity contribution in [3.05, 3.63) is 36.4 Å². The van der Waals surface area contributed by atoms with E-state index in [0.717, 1.165) is 0 Å². The summed E-state index contributed by atoms with van der Waals surface area (Å²) in [4.78, 5) is 27.6. The third-order valence-corrected chi connectivity index (χ3v) is 6.07. The summed E-state index contributed by atoms with van der Waals surface area (Å²) in [6, 6.07) is 7.36. The van der Waals surface area contributed by atoms with Gasteiger partial charge in [0, 0.05) is 0 Å². The number of allylic oxidation sites excluding steroid dienone is 2. The second kappa shape index (κ2) is 4.47. The predicted octanol–water partition coefficient (Wildman–Crippen LogP) is 2.64. The molecule has 3 fully saturated rings. The highest BCUT2D eigenvalue weighted by Crippen LogP contribution is 2.65. The molecule has 2 amide bonds. The number of benzene rings is 1. The quantitative estimate of drug-likeness (QED) is 0.637. The summed E-state index contributed by atoms with van der Waals surface area (Å²) < 4.78 is 5.64. The Labute approximate surface area is 135 Å². The Morgan fingerprint density at radius 3 is 2.26 bits per heavy atom. The summed E-state index contributed by atoms with van der Waals surface area (Å²) in [6.07, 6.45) is 5.58. The minimum atomic E-state index is -0.157. The highest BCUT2D eigenvalue weighted by atomic mass is 16.5. The molecule has 4 heteroatoms. The van der Waals surface area contributed by atoms with Crippen molar-refractivity contribution in [2.75, 3.05) is 11.5 Å². The number of hydrogen-bond acceptors (Lipinski definition) is 3. The fourth-order valence-corrected chi connectivity index (χ4v) is 5.11. The molecule has 6 atom stereocenters. The largest absolute Gasteiger partial charge is 0.492 e. The molecule has 4 aliphatic carbocycles. The first-order chi connectivity index (χ1) is 11.2. The first-order valence-electron chi connectivity index (χ1n) is 8.50. The van der Waals surface area contributed by atoms with Crippen LogP contribution in [0.3, 0.4) is 0 Å². The highest BCUT2D eigenvalue weighted by Gasteiger charge is 2.67. The maximum Gasteiger partial charge on any atom is 0.238 e. The van der Waals surface area contributed by atoms with Crippen molar-refractivity contribution in [3.8, 4) is 5.75 Å². The molecule has 118 valence electrons. The maximum atomic E-state index is 13.1. The third kappa shape index (κ3) is 1.61. The minimum Gasteiger partial charge on any atom is -0.492 e. The fourth-order valence-electron chi connectivity index (χ4n) is 5.11. The van der Waals surface area contributed by atoms with Crippen LogP contribution in [0.2, 0.25) is 0 Å². The number of rotatable bonds is 3. The van der Waals surface area contributed by atoms with Crippen LogP contribution in [0.15, 0.2) is 36.4 Å². The standard InChI is InChI=1S/C19H19NO3/c1-2-23-15-6-4-3-5-14(15)20-18(21)16-10-7-8-11(13-9-12(10)13)17(16)19(20)22/h3-8,10-13,16-17H,2,9H2,1H3/t10-,11-,12-,13-,16-,17+/m1/s1. The molecule has 0 N–H and O–H groups in total. The van der Waals surface area contributed by atoms with Gasteiger partial charge in [-0.1, -0.05) is 24.3 Å². The second-order valence-corrected chi connectivity index (χ2v) is 7.07. The van der Waals surface area contributed by atoms with Crippen LogP contribution in [0.5, 0.6) is 5.75 Å². The lowest BCUT2D eigenvalue weighted by Gasteiger charge is -2.37. The molecule has 1 aromatic rings. The molecule has 1 aromatic carbocycles. The average molecular weight is 309 g/mol. The van der Waals surface area contributed by atoms with Gasteiger partial charge in [0.15, 0.2) is 0 Å². The van der Waals surface area contributed by atoms with Crippen molar-refractivity contribution in [2.45, 2.75) is 13.3 Å². The van der Waals surface area contributed by atoms with Gasteiger partial charge in [-0.15, -0.1) is 0 Å². The van der Waals surface area contributed by atoms with Crippen LogP contribution in [0.25, 0.3) is 0 Å². The van der Waals surface area contributed by atoms with Gasteiger partial charge in [0.05, 0.1) is 24.1 Å². The fraction of sp³-hybridized carbons (Fsp3) is 0.474. The van der Waals surface area contributed by atoms with Crippen molar-refractivity contribution in [3.63, 3.8) is 0 Å². The molecule has 1 heterocycles. The number of carbonyl (C=O) groups is 2. The molecule has 0 unspecified atom stereocenters. The number of para-hydroxylation sites is 2. The maximum absolute atomic E-state index is 13.1. The Hall–Kier alpha value is -2.10. The lowest BCUT2D eigenvalue weighted by molar-refractivity contribution is -0.124. The van der Waals surface area contributed by atoms with Gasteiger partial charge in [0.1, 0.15) is 5.75 Å². The Kier molecular flexibility index (Phi) is 2.59. The van der Waals surface area contributed by atoms with Crippen LogP contribution in [-0.4, -0.2) is 18.4 Å². The molecule has 1 saturated heterocycles. The molecular weight excluding hydrogens is 290 g/mol. The summed E-state index contributed by atoms with van der Waals surface area (Å²) in [5.41, 5.74) is 0.604. The van der Waals surface area contributed by atoms with Crippen LogP contribution >= 0.6 is 0 Å². The Balaban J connectivity index is 1.57. The van der Waals surface area contributed by atoms with Gasteiger partial charge < -0.3 is 4.74 Å². The van der Waals surface area contributed by atoms with Crippen molar-refractivity contribution in [1.29, 1.82) is 0 Å². The number of carbonyl (C=O) groups excluding carboxylic acids is 2. The van der Waals surface area contributed by atoms with E-state index in [1.54, 1.807) is 0 Å². The Morgan fingerprint density at radius 2 is 1.65 bits per heavy atom. The Morgan fingerprint density at radius 1 is 1.04 bits per heavy atom. The van der Waals surface area contributed by atoms with E-state index in [9.17, 15) is 9.59 Å². The van der Waals surface area contributed by atoms with Gasteiger partial charge >= 0.3 is 0 Å². The van der Waals surface area contributed by atoms with Gasteiger partial charge in [0.25, 0.3) is 0 Å². The number of anilines is 1. The zero-order chi connectivity index (χ0) is 15.7. The van der Waals surface area contributed by atoms with E-state index in [4.69, 9.17) is 4.74 Å². The van der Waals surface area contributed by atoms with Gasteiger partial charge in [-0.25, -0.2) is 4.90 Å². The zero-order valence-corrected chi connectivity index (χ0v) is 13.0. The number of imide groups is 1. The van der Waals surface area contributed by atoms with Gasteiger partial charge in [-0.2, -0.15) is 0 Å².